The van der Waals surface area contributed by atoms with Crippen LogP contribution in [0.2, 0.25) is 5.02 Å². The second kappa shape index (κ2) is 7.32. The van der Waals surface area contributed by atoms with Crippen LogP contribution in [0.1, 0.15) is 21.6 Å². The molecule has 0 fully saturated rings. The summed E-state index contributed by atoms with van der Waals surface area (Å²) in [5.74, 6) is 0.235. The lowest BCUT2D eigenvalue weighted by Crippen LogP contribution is -2.14. The fraction of sp³-hybridized carbons (Fsp3) is 0.105. The highest BCUT2D eigenvalue weighted by Gasteiger charge is 2.09. The Balaban J connectivity index is 1.70. The molecule has 1 aromatic heterocycles. The zero-order chi connectivity index (χ0) is 17.8. The van der Waals surface area contributed by atoms with Gasteiger partial charge < -0.3 is 10.6 Å². The summed E-state index contributed by atoms with van der Waals surface area (Å²) in [6.07, 6.45) is 2.95. The number of halogens is 1. The highest BCUT2D eigenvalue weighted by molar-refractivity contribution is 6.31. The smallest absolute Gasteiger partial charge is 0.275 e. The molecule has 5 nitrogen and oxygen atoms in total. The lowest BCUT2D eigenvalue weighted by molar-refractivity contribution is 0.102. The van der Waals surface area contributed by atoms with E-state index >= 15 is 0 Å². The molecule has 0 aliphatic rings. The van der Waals surface area contributed by atoms with Crippen molar-refractivity contribution in [2.45, 2.75) is 13.8 Å². The second-order valence-electron chi connectivity index (χ2n) is 5.64. The number of rotatable bonds is 4. The van der Waals surface area contributed by atoms with Gasteiger partial charge >= 0.3 is 0 Å². The minimum Gasteiger partial charge on any atom is -0.339 e. The van der Waals surface area contributed by atoms with E-state index in [4.69, 9.17) is 11.6 Å². The van der Waals surface area contributed by atoms with Gasteiger partial charge in [-0.15, -0.1) is 0 Å². The molecule has 0 aliphatic carbocycles. The molecule has 0 unspecified atom stereocenters. The quantitative estimate of drug-likeness (QED) is 0.711. The van der Waals surface area contributed by atoms with E-state index in [1.807, 2.05) is 56.3 Å². The average molecular weight is 353 g/mol. The number of aromatic nitrogens is 2. The molecule has 3 aromatic rings. The Labute approximate surface area is 151 Å². The van der Waals surface area contributed by atoms with Gasteiger partial charge in [0.15, 0.2) is 0 Å². The predicted molar refractivity (Wildman–Crippen MR) is 101 cm³/mol. The van der Waals surface area contributed by atoms with Gasteiger partial charge in [0.1, 0.15) is 11.5 Å². The Hall–Kier alpha value is -2.92. The predicted octanol–water partition coefficient (Wildman–Crippen LogP) is 4.74. The van der Waals surface area contributed by atoms with E-state index in [0.717, 1.165) is 16.8 Å². The number of carbonyl (C=O) groups is 1. The molecule has 0 atom stereocenters. The highest BCUT2D eigenvalue weighted by Crippen LogP contribution is 2.25. The van der Waals surface area contributed by atoms with Crippen LogP contribution in [0.25, 0.3) is 0 Å². The maximum absolute atomic E-state index is 12.2. The van der Waals surface area contributed by atoms with Crippen LogP contribution >= 0.6 is 11.6 Å². The monoisotopic (exact) mass is 352 g/mol. The minimum atomic E-state index is -0.304. The van der Waals surface area contributed by atoms with E-state index in [2.05, 4.69) is 20.6 Å². The molecule has 0 saturated heterocycles. The molecule has 0 radical (unpaired) electrons. The van der Waals surface area contributed by atoms with Gasteiger partial charge in [0, 0.05) is 16.4 Å². The minimum absolute atomic E-state index is 0.244. The summed E-state index contributed by atoms with van der Waals surface area (Å²) < 4.78 is 0. The topological polar surface area (TPSA) is 66.9 Å². The van der Waals surface area contributed by atoms with E-state index in [1.54, 1.807) is 0 Å². The van der Waals surface area contributed by atoms with Gasteiger partial charge in [-0.2, -0.15) is 0 Å². The van der Waals surface area contributed by atoms with Crippen LogP contribution in [0.15, 0.2) is 54.9 Å². The molecule has 6 heteroatoms. The van der Waals surface area contributed by atoms with E-state index in [0.29, 0.717) is 16.5 Å². The number of aryl methyl sites for hydroxylation is 1. The number of nitrogens with zero attached hydrogens (tertiary/aromatic N) is 2. The Kier molecular flexibility index (Phi) is 4.95. The summed E-state index contributed by atoms with van der Waals surface area (Å²) in [4.78, 5) is 20.6. The van der Waals surface area contributed by atoms with Crippen molar-refractivity contribution < 1.29 is 4.79 Å². The zero-order valence-electron chi connectivity index (χ0n) is 13.9. The molecule has 2 aromatic carbocycles. The molecular weight excluding hydrogens is 336 g/mol. The van der Waals surface area contributed by atoms with E-state index < -0.39 is 0 Å². The van der Waals surface area contributed by atoms with Crippen LogP contribution in [0.3, 0.4) is 0 Å². The number of hydrogen-bond donors (Lipinski definition) is 2. The lowest BCUT2D eigenvalue weighted by atomic mass is 10.2. The van der Waals surface area contributed by atoms with Crippen molar-refractivity contribution >= 4 is 34.7 Å². The molecule has 1 heterocycles. The number of amides is 1. The van der Waals surface area contributed by atoms with Crippen LogP contribution in [0.5, 0.6) is 0 Å². The molecule has 2 N–H and O–H groups in total. The second-order valence-corrected chi connectivity index (χ2v) is 6.05. The normalized spacial score (nSPS) is 10.4. The Morgan fingerprint density at radius 3 is 2.44 bits per heavy atom. The number of anilines is 3. The van der Waals surface area contributed by atoms with Gasteiger partial charge in [0.05, 0.1) is 12.4 Å². The summed E-state index contributed by atoms with van der Waals surface area (Å²) in [5.41, 5.74) is 3.86. The molecular formula is C19H17ClN4O. The number of carbonyl (C=O) groups excluding carboxylic acids is 1. The summed E-state index contributed by atoms with van der Waals surface area (Å²) in [7, 11) is 0. The standard InChI is InChI=1S/C19H17ClN4O/c1-12-6-8-14(9-7-12)23-19(25)17-10-22-18(11-21-17)24-16-5-3-4-15(20)13(16)2/h3-11H,1-2H3,(H,22,24)(H,23,25). The zero-order valence-corrected chi connectivity index (χ0v) is 14.6. The first-order valence-electron chi connectivity index (χ1n) is 7.75. The number of hydrogen-bond acceptors (Lipinski definition) is 4. The summed E-state index contributed by atoms with van der Waals surface area (Å²) >= 11 is 6.10. The van der Waals surface area contributed by atoms with Gasteiger partial charge in [-0.3, -0.25) is 4.79 Å². The summed E-state index contributed by atoms with van der Waals surface area (Å²) in [6, 6.07) is 13.1. The first kappa shape index (κ1) is 16.9. The van der Waals surface area contributed by atoms with Gasteiger partial charge in [0.25, 0.3) is 5.91 Å². The molecule has 0 saturated carbocycles. The van der Waals surface area contributed by atoms with Crippen molar-refractivity contribution in [3.63, 3.8) is 0 Å². The van der Waals surface area contributed by atoms with Crippen molar-refractivity contribution in [2.24, 2.45) is 0 Å². The Bertz CT molecular complexity index is 892. The maximum atomic E-state index is 12.2. The van der Waals surface area contributed by atoms with Crippen LogP contribution in [-0.2, 0) is 0 Å². The lowest BCUT2D eigenvalue weighted by Gasteiger charge is -2.10. The largest absolute Gasteiger partial charge is 0.339 e. The van der Waals surface area contributed by atoms with Crippen molar-refractivity contribution in [1.29, 1.82) is 0 Å². The Morgan fingerprint density at radius 1 is 1.00 bits per heavy atom. The van der Waals surface area contributed by atoms with Gasteiger partial charge in [-0.25, -0.2) is 9.97 Å². The molecule has 3 rings (SSSR count). The van der Waals surface area contributed by atoms with Crippen molar-refractivity contribution in [1.82, 2.24) is 9.97 Å². The molecule has 0 aliphatic heterocycles. The van der Waals surface area contributed by atoms with Gasteiger partial charge in [-0.1, -0.05) is 35.4 Å². The summed E-state index contributed by atoms with van der Waals surface area (Å²) in [5, 5.41) is 6.61. The SMILES string of the molecule is Cc1ccc(NC(=O)c2cnc(Nc3cccc(Cl)c3C)cn2)cc1. The van der Waals surface area contributed by atoms with E-state index in [9.17, 15) is 4.79 Å². The van der Waals surface area contributed by atoms with Crippen molar-refractivity contribution in [2.75, 3.05) is 10.6 Å². The molecule has 0 bridgehead atoms. The first-order chi connectivity index (χ1) is 12.0. The van der Waals surface area contributed by atoms with Gasteiger partial charge in [0.2, 0.25) is 0 Å². The molecule has 25 heavy (non-hydrogen) atoms. The van der Waals surface area contributed by atoms with Gasteiger partial charge in [-0.05, 0) is 43.7 Å². The first-order valence-corrected chi connectivity index (χ1v) is 8.13. The fourth-order valence-electron chi connectivity index (χ4n) is 2.22. The highest BCUT2D eigenvalue weighted by atomic mass is 35.5. The van der Waals surface area contributed by atoms with E-state index in [-0.39, 0.29) is 11.6 Å². The van der Waals surface area contributed by atoms with Crippen LogP contribution in [0, 0.1) is 13.8 Å². The Morgan fingerprint density at radius 2 is 1.76 bits per heavy atom. The van der Waals surface area contributed by atoms with E-state index in [1.165, 1.54) is 12.4 Å². The average Bonchev–Trinajstić information content (AvgIpc) is 2.61. The fourth-order valence-corrected chi connectivity index (χ4v) is 2.40. The van der Waals surface area contributed by atoms with Crippen LogP contribution < -0.4 is 10.6 Å². The van der Waals surface area contributed by atoms with Crippen molar-refractivity contribution in [3.8, 4) is 0 Å². The van der Waals surface area contributed by atoms with Crippen LogP contribution in [0.4, 0.5) is 17.2 Å². The third-order valence-corrected chi connectivity index (χ3v) is 4.13. The van der Waals surface area contributed by atoms with Crippen LogP contribution in [-0.4, -0.2) is 15.9 Å². The summed E-state index contributed by atoms with van der Waals surface area (Å²) in [6.45, 7) is 3.91. The van der Waals surface area contributed by atoms with Crippen molar-refractivity contribution in [3.05, 3.63) is 76.7 Å². The maximum Gasteiger partial charge on any atom is 0.275 e. The number of nitrogens with one attached hydrogen (secondary N) is 2. The third-order valence-electron chi connectivity index (χ3n) is 3.72. The third kappa shape index (κ3) is 4.14. The number of benzene rings is 2. The molecule has 1 amide bonds. The molecule has 0 spiro atoms. The molecule has 126 valence electrons.